The fourth-order valence-corrected chi connectivity index (χ4v) is 4.11. The van der Waals surface area contributed by atoms with Crippen LogP contribution in [0, 0.1) is 5.92 Å². The van der Waals surface area contributed by atoms with Gasteiger partial charge in [0.1, 0.15) is 12.4 Å². The van der Waals surface area contributed by atoms with Gasteiger partial charge in [-0.25, -0.2) is 0 Å². The molecule has 2 atom stereocenters. The second kappa shape index (κ2) is 6.66. The Bertz CT molecular complexity index is 340. The number of ketones is 1. The van der Waals surface area contributed by atoms with Crippen molar-refractivity contribution in [2.45, 2.75) is 37.5 Å². The van der Waals surface area contributed by atoms with Crippen molar-refractivity contribution in [1.82, 2.24) is 0 Å². The third-order valence-electron chi connectivity index (χ3n) is 3.77. The number of hydrogen-bond donors (Lipinski definition) is 0. The SMILES string of the molecule is O=C(CCOCC(F)(F)F)C1CCOC2(CCSC2)C1. The zero-order chi connectivity index (χ0) is 14.6. The third kappa shape index (κ3) is 4.63. The molecule has 0 bridgehead atoms. The molecule has 2 aliphatic heterocycles. The Morgan fingerprint density at radius 3 is 2.90 bits per heavy atom. The van der Waals surface area contributed by atoms with Gasteiger partial charge in [0.2, 0.25) is 0 Å². The summed E-state index contributed by atoms with van der Waals surface area (Å²) in [7, 11) is 0. The maximum absolute atomic E-state index is 12.0. The molecule has 0 radical (unpaired) electrons. The van der Waals surface area contributed by atoms with Crippen LogP contribution in [0.5, 0.6) is 0 Å². The number of alkyl halides is 3. The van der Waals surface area contributed by atoms with Gasteiger partial charge in [0.15, 0.2) is 0 Å². The van der Waals surface area contributed by atoms with Gasteiger partial charge in [0, 0.05) is 24.7 Å². The number of Topliss-reactive ketones (excluding diaryl/α,β-unsaturated/α-hetero) is 1. The lowest BCUT2D eigenvalue weighted by molar-refractivity contribution is -0.175. The van der Waals surface area contributed by atoms with Gasteiger partial charge in [-0.1, -0.05) is 0 Å². The smallest absolute Gasteiger partial charge is 0.374 e. The fraction of sp³-hybridized carbons (Fsp3) is 0.923. The van der Waals surface area contributed by atoms with Crippen molar-refractivity contribution in [2.75, 3.05) is 31.3 Å². The van der Waals surface area contributed by atoms with Crippen LogP contribution in [0.15, 0.2) is 0 Å². The predicted octanol–water partition coefficient (Wildman–Crippen LogP) is 2.83. The van der Waals surface area contributed by atoms with E-state index in [2.05, 4.69) is 4.74 Å². The summed E-state index contributed by atoms with van der Waals surface area (Å²) < 4.78 is 46.0. The third-order valence-corrected chi connectivity index (χ3v) is 5.00. The largest absolute Gasteiger partial charge is 0.411 e. The van der Waals surface area contributed by atoms with E-state index in [1.807, 2.05) is 11.8 Å². The average molecular weight is 312 g/mol. The first-order chi connectivity index (χ1) is 9.40. The van der Waals surface area contributed by atoms with Gasteiger partial charge in [0.05, 0.1) is 12.2 Å². The number of carbonyl (C=O) groups excluding carboxylic acids is 1. The average Bonchev–Trinajstić information content (AvgIpc) is 2.81. The Morgan fingerprint density at radius 1 is 1.45 bits per heavy atom. The van der Waals surface area contributed by atoms with E-state index in [4.69, 9.17) is 4.74 Å². The Hall–Kier alpha value is -0.270. The first kappa shape index (κ1) is 16.1. The Morgan fingerprint density at radius 2 is 2.25 bits per heavy atom. The highest BCUT2D eigenvalue weighted by Crippen LogP contribution is 2.40. The summed E-state index contributed by atoms with van der Waals surface area (Å²) >= 11 is 1.83. The van der Waals surface area contributed by atoms with E-state index in [1.54, 1.807) is 0 Å². The molecule has 2 fully saturated rings. The van der Waals surface area contributed by atoms with E-state index in [0.29, 0.717) is 19.4 Å². The first-order valence-corrected chi connectivity index (χ1v) is 7.95. The molecule has 0 aliphatic carbocycles. The first-order valence-electron chi connectivity index (χ1n) is 6.79. The van der Waals surface area contributed by atoms with Crippen LogP contribution < -0.4 is 0 Å². The summed E-state index contributed by atoms with van der Waals surface area (Å²) in [6.07, 6.45) is -1.93. The van der Waals surface area contributed by atoms with Crippen molar-refractivity contribution in [3.63, 3.8) is 0 Å². The van der Waals surface area contributed by atoms with Crippen molar-refractivity contribution in [3.05, 3.63) is 0 Å². The van der Waals surface area contributed by atoms with Crippen LogP contribution >= 0.6 is 11.8 Å². The second-order valence-electron chi connectivity index (χ2n) is 5.41. The van der Waals surface area contributed by atoms with Crippen LogP contribution in [0.1, 0.15) is 25.7 Å². The molecule has 0 aromatic rings. The molecule has 116 valence electrons. The molecule has 2 heterocycles. The molecule has 0 aromatic heterocycles. The van der Waals surface area contributed by atoms with Crippen molar-refractivity contribution in [2.24, 2.45) is 5.92 Å². The van der Waals surface area contributed by atoms with Gasteiger partial charge in [-0.15, -0.1) is 0 Å². The van der Waals surface area contributed by atoms with Crippen LogP contribution in [0.3, 0.4) is 0 Å². The van der Waals surface area contributed by atoms with Crippen LogP contribution in [-0.2, 0) is 14.3 Å². The lowest BCUT2D eigenvalue weighted by Gasteiger charge is -2.37. The molecular weight excluding hydrogens is 293 g/mol. The summed E-state index contributed by atoms with van der Waals surface area (Å²) in [4.78, 5) is 12.0. The molecule has 1 spiro atoms. The highest BCUT2D eigenvalue weighted by atomic mass is 32.2. The molecule has 0 aromatic carbocycles. The van der Waals surface area contributed by atoms with Crippen LogP contribution in [0.4, 0.5) is 13.2 Å². The standard InChI is InChI=1S/C13H19F3O3S/c14-13(15,16)8-18-4-2-11(17)10-1-5-19-12(7-10)3-6-20-9-12/h10H,1-9H2. The number of hydrogen-bond acceptors (Lipinski definition) is 4. The lowest BCUT2D eigenvalue weighted by Crippen LogP contribution is -2.42. The summed E-state index contributed by atoms with van der Waals surface area (Å²) in [6.45, 7) is -0.869. The minimum Gasteiger partial charge on any atom is -0.374 e. The fourth-order valence-electron chi connectivity index (χ4n) is 2.73. The predicted molar refractivity (Wildman–Crippen MR) is 69.8 cm³/mol. The van der Waals surface area contributed by atoms with Gasteiger partial charge in [-0.05, 0) is 25.0 Å². The molecule has 2 aliphatic rings. The minimum atomic E-state index is -4.33. The number of carbonyl (C=O) groups is 1. The molecular formula is C13H19F3O3S. The quantitative estimate of drug-likeness (QED) is 0.731. The van der Waals surface area contributed by atoms with Crippen LogP contribution in [-0.4, -0.2) is 48.9 Å². The van der Waals surface area contributed by atoms with Gasteiger partial charge >= 0.3 is 6.18 Å². The zero-order valence-corrected chi connectivity index (χ0v) is 12.0. The van der Waals surface area contributed by atoms with E-state index < -0.39 is 12.8 Å². The molecule has 0 N–H and O–H groups in total. The Balaban J connectivity index is 1.72. The van der Waals surface area contributed by atoms with Gasteiger partial charge in [-0.3, -0.25) is 4.79 Å². The molecule has 2 rings (SSSR count). The van der Waals surface area contributed by atoms with Gasteiger partial charge in [-0.2, -0.15) is 24.9 Å². The maximum atomic E-state index is 12.0. The van der Waals surface area contributed by atoms with E-state index in [-0.39, 0.29) is 30.3 Å². The molecule has 2 unspecified atom stereocenters. The second-order valence-corrected chi connectivity index (χ2v) is 6.51. The molecule has 3 nitrogen and oxygen atoms in total. The van der Waals surface area contributed by atoms with E-state index in [1.165, 1.54) is 0 Å². The van der Waals surface area contributed by atoms with Crippen molar-refractivity contribution in [1.29, 1.82) is 0 Å². The van der Waals surface area contributed by atoms with E-state index in [0.717, 1.165) is 17.9 Å². The number of ether oxygens (including phenoxy) is 2. The van der Waals surface area contributed by atoms with E-state index >= 15 is 0 Å². The molecule has 0 saturated carbocycles. The topological polar surface area (TPSA) is 35.5 Å². The van der Waals surface area contributed by atoms with Crippen molar-refractivity contribution < 1.29 is 27.4 Å². The van der Waals surface area contributed by atoms with E-state index in [9.17, 15) is 18.0 Å². The molecule has 2 saturated heterocycles. The highest BCUT2D eigenvalue weighted by Gasteiger charge is 2.42. The summed E-state index contributed by atoms with van der Waals surface area (Å²) in [5.74, 6) is 1.89. The summed E-state index contributed by atoms with van der Waals surface area (Å²) in [5, 5.41) is 0. The summed E-state index contributed by atoms with van der Waals surface area (Å²) in [6, 6.07) is 0. The summed E-state index contributed by atoms with van der Waals surface area (Å²) in [5.41, 5.74) is -0.171. The maximum Gasteiger partial charge on any atom is 0.411 e. The number of rotatable bonds is 5. The van der Waals surface area contributed by atoms with Gasteiger partial charge < -0.3 is 9.47 Å². The highest BCUT2D eigenvalue weighted by molar-refractivity contribution is 7.99. The monoisotopic (exact) mass is 312 g/mol. The molecule has 0 amide bonds. The molecule has 20 heavy (non-hydrogen) atoms. The van der Waals surface area contributed by atoms with Crippen LogP contribution in [0.25, 0.3) is 0 Å². The van der Waals surface area contributed by atoms with Crippen molar-refractivity contribution >= 4 is 17.5 Å². The lowest BCUT2D eigenvalue weighted by atomic mass is 9.82. The zero-order valence-electron chi connectivity index (χ0n) is 11.2. The Kier molecular flexibility index (Phi) is 5.36. The normalized spacial score (nSPS) is 30.9. The number of halogens is 3. The van der Waals surface area contributed by atoms with Gasteiger partial charge in [0.25, 0.3) is 0 Å². The van der Waals surface area contributed by atoms with Crippen molar-refractivity contribution in [3.8, 4) is 0 Å². The number of thioether (sulfide) groups is 1. The minimum absolute atomic E-state index is 0.00625. The Labute approximate surface area is 120 Å². The molecule has 7 heteroatoms. The van der Waals surface area contributed by atoms with Crippen LogP contribution in [0.2, 0.25) is 0 Å².